The van der Waals surface area contributed by atoms with Gasteiger partial charge in [-0.3, -0.25) is 9.58 Å². The summed E-state index contributed by atoms with van der Waals surface area (Å²) in [6, 6.07) is 10.2. The van der Waals surface area contributed by atoms with Crippen molar-refractivity contribution in [3.63, 3.8) is 0 Å². The number of hydrogen-bond donors (Lipinski definition) is 1. The number of halogens is 2. The van der Waals surface area contributed by atoms with Gasteiger partial charge in [-0.2, -0.15) is 5.10 Å². The monoisotopic (exact) mass is 339 g/mol. The van der Waals surface area contributed by atoms with Crippen molar-refractivity contribution in [3.05, 3.63) is 64.4 Å². The van der Waals surface area contributed by atoms with Crippen LogP contribution in [-0.4, -0.2) is 39.5 Å². The predicted octanol–water partition coefficient (Wildman–Crippen LogP) is 3.04. The highest BCUT2D eigenvalue weighted by Crippen LogP contribution is 2.11. The Hall–Kier alpha value is -1.33. The maximum Gasteiger partial charge on any atom is 0.0659 e. The van der Waals surface area contributed by atoms with Crippen molar-refractivity contribution in [2.75, 3.05) is 19.7 Å². The van der Waals surface area contributed by atoms with Gasteiger partial charge in [0.25, 0.3) is 0 Å². The Morgan fingerprint density at radius 2 is 2.05 bits per heavy atom. The summed E-state index contributed by atoms with van der Waals surface area (Å²) in [5.74, 6) is 0. The normalized spacial score (nSPS) is 12.1. The molecule has 0 fully saturated rings. The SMILES string of the molecule is OCCN(C/C(Cl)=C/Cl)Cc1cnn(Cc2ccccc2)c1. The molecule has 1 heterocycles. The van der Waals surface area contributed by atoms with Crippen molar-refractivity contribution in [1.82, 2.24) is 14.7 Å². The summed E-state index contributed by atoms with van der Waals surface area (Å²) in [6.45, 7) is 2.52. The molecular formula is C16H19Cl2N3O. The van der Waals surface area contributed by atoms with Crippen molar-refractivity contribution >= 4 is 23.2 Å². The summed E-state index contributed by atoms with van der Waals surface area (Å²) in [4.78, 5) is 2.02. The van der Waals surface area contributed by atoms with Crippen molar-refractivity contribution in [2.45, 2.75) is 13.1 Å². The third-order valence-corrected chi connectivity index (χ3v) is 3.79. The summed E-state index contributed by atoms with van der Waals surface area (Å²) in [7, 11) is 0. The van der Waals surface area contributed by atoms with Crippen molar-refractivity contribution in [2.24, 2.45) is 0 Å². The molecule has 4 nitrogen and oxygen atoms in total. The molecule has 0 aliphatic carbocycles. The van der Waals surface area contributed by atoms with Crippen LogP contribution in [0, 0.1) is 0 Å². The largest absolute Gasteiger partial charge is 0.395 e. The van der Waals surface area contributed by atoms with Crippen LogP contribution in [0.15, 0.2) is 53.3 Å². The first kappa shape index (κ1) is 17.0. The van der Waals surface area contributed by atoms with Crippen LogP contribution in [0.1, 0.15) is 11.1 Å². The van der Waals surface area contributed by atoms with E-state index in [1.165, 1.54) is 11.1 Å². The Bertz CT molecular complexity index is 598. The molecule has 0 aliphatic rings. The average Bonchev–Trinajstić information content (AvgIpc) is 2.95. The van der Waals surface area contributed by atoms with E-state index in [0.717, 1.165) is 12.1 Å². The maximum absolute atomic E-state index is 9.14. The van der Waals surface area contributed by atoms with Gasteiger partial charge < -0.3 is 5.11 Å². The highest BCUT2D eigenvalue weighted by molar-refractivity contribution is 6.36. The van der Waals surface area contributed by atoms with Crippen LogP contribution in [-0.2, 0) is 13.1 Å². The van der Waals surface area contributed by atoms with Crippen LogP contribution >= 0.6 is 23.2 Å². The lowest BCUT2D eigenvalue weighted by molar-refractivity contribution is 0.202. The fraction of sp³-hybridized carbons (Fsp3) is 0.312. The van der Waals surface area contributed by atoms with Gasteiger partial charge in [0, 0.05) is 42.0 Å². The molecule has 1 aromatic heterocycles. The molecule has 6 heteroatoms. The Kier molecular flexibility index (Phi) is 6.93. The summed E-state index contributed by atoms with van der Waals surface area (Å²) in [5, 5.41) is 14.1. The Balaban J connectivity index is 1.97. The van der Waals surface area contributed by atoms with Crippen LogP contribution in [0.2, 0.25) is 0 Å². The van der Waals surface area contributed by atoms with Crippen molar-refractivity contribution in [3.8, 4) is 0 Å². The van der Waals surface area contributed by atoms with Crippen LogP contribution in [0.4, 0.5) is 0 Å². The molecule has 2 aromatic rings. The van der Waals surface area contributed by atoms with E-state index >= 15 is 0 Å². The molecule has 0 unspecified atom stereocenters. The highest BCUT2D eigenvalue weighted by atomic mass is 35.5. The van der Waals surface area contributed by atoms with Crippen molar-refractivity contribution in [1.29, 1.82) is 0 Å². The number of aliphatic hydroxyl groups excluding tert-OH is 1. The molecule has 1 N–H and O–H groups in total. The quantitative estimate of drug-likeness (QED) is 0.803. The first-order valence-electron chi connectivity index (χ1n) is 7.04. The smallest absolute Gasteiger partial charge is 0.0659 e. The second kappa shape index (κ2) is 8.96. The van der Waals surface area contributed by atoms with Crippen LogP contribution in [0.5, 0.6) is 0 Å². The molecular weight excluding hydrogens is 321 g/mol. The van der Waals surface area contributed by atoms with Gasteiger partial charge in [0.1, 0.15) is 0 Å². The second-order valence-electron chi connectivity index (χ2n) is 5.02. The maximum atomic E-state index is 9.14. The lowest BCUT2D eigenvalue weighted by Crippen LogP contribution is -2.27. The van der Waals surface area contributed by atoms with Gasteiger partial charge in [-0.05, 0) is 5.56 Å². The van der Waals surface area contributed by atoms with Crippen LogP contribution in [0.25, 0.3) is 0 Å². The third-order valence-electron chi connectivity index (χ3n) is 3.19. The van der Waals surface area contributed by atoms with E-state index in [1.54, 1.807) is 0 Å². The van der Waals surface area contributed by atoms with E-state index in [2.05, 4.69) is 17.2 Å². The molecule has 1 aromatic carbocycles. The molecule has 0 bridgehead atoms. The van der Waals surface area contributed by atoms with Gasteiger partial charge in [0.2, 0.25) is 0 Å². The zero-order valence-electron chi connectivity index (χ0n) is 12.2. The lowest BCUT2D eigenvalue weighted by Gasteiger charge is -2.19. The molecule has 0 radical (unpaired) electrons. The minimum Gasteiger partial charge on any atom is -0.395 e. The summed E-state index contributed by atoms with van der Waals surface area (Å²) in [5.41, 5.74) is 3.63. The van der Waals surface area contributed by atoms with Gasteiger partial charge in [-0.25, -0.2) is 0 Å². The van der Waals surface area contributed by atoms with E-state index in [9.17, 15) is 0 Å². The minimum absolute atomic E-state index is 0.0740. The van der Waals surface area contributed by atoms with E-state index in [1.807, 2.05) is 40.2 Å². The third kappa shape index (κ3) is 5.46. The topological polar surface area (TPSA) is 41.3 Å². The number of benzene rings is 1. The number of hydrogen-bond acceptors (Lipinski definition) is 3. The fourth-order valence-corrected chi connectivity index (χ4v) is 2.44. The molecule has 0 saturated carbocycles. The zero-order valence-corrected chi connectivity index (χ0v) is 13.7. The number of rotatable bonds is 8. The molecule has 0 aliphatic heterocycles. The highest BCUT2D eigenvalue weighted by Gasteiger charge is 2.09. The van der Waals surface area contributed by atoms with Crippen LogP contribution in [0.3, 0.4) is 0 Å². The van der Waals surface area contributed by atoms with Gasteiger partial charge in [0.05, 0.1) is 19.3 Å². The molecule has 0 atom stereocenters. The molecule has 22 heavy (non-hydrogen) atoms. The van der Waals surface area contributed by atoms with Gasteiger partial charge >= 0.3 is 0 Å². The Morgan fingerprint density at radius 3 is 2.73 bits per heavy atom. The first-order valence-corrected chi connectivity index (χ1v) is 7.86. The van der Waals surface area contributed by atoms with E-state index in [0.29, 0.717) is 24.7 Å². The lowest BCUT2D eigenvalue weighted by atomic mass is 10.2. The number of aliphatic hydroxyl groups is 1. The second-order valence-corrected chi connectivity index (χ2v) is 5.73. The molecule has 2 rings (SSSR count). The Labute approximate surface area is 140 Å². The van der Waals surface area contributed by atoms with Gasteiger partial charge in [-0.15, -0.1) is 0 Å². The molecule has 118 valence electrons. The number of aromatic nitrogens is 2. The average molecular weight is 340 g/mol. The molecule has 0 spiro atoms. The number of nitrogens with zero attached hydrogens (tertiary/aromatic N) is 3. The first-order chi connectivity index (χ1) is 10.7. The van der Waals surface area contributed by atoms with E-state index in [4.69, 9.17) is 28.3 Å². The standard InChI is InChI=1S/C16H19Cl2N3O/c17-8-16(18)13-20(6-7-22)10-15-9-19-21(12-15)11-14-4-2-1-3-5-14/h1-5,8-9,12,22H,6-7,10-11,13H2/b16-8-. The summed E-state index contributed by atoms with van der Waals surface area (Å²) in [6.07, 6.45) is 3.85. The van der Waals surface area contributed by atoms with Gasteiger partial charge in [-0.1, -0.05) is 53.5 Å². The molecule has 0 amide bonds. The van der Waals surface area contributed by atoms with Crippen molar-refractivity contribution < 1.29 is 5.11 Å². The predicted molar refractivity (Wildman–Crippen MR) is 89.9 cm³/mol. The molecule has 0 saturated heterocycles. The van der Waals surface area contributed by atoms with E-state index in [-0.39, 0.29) is 6.61 Å². The zero-order chi connectivity index (χ0) is 15.8. The minimum atomic E-state index is 0.0740. The van der Waals surface area contributed by atoms with Gasteiger partial charge in [0.15, 0.2) is 0 Å². The van der Waals surface area contributed by atoms with Crippen LogP contribution < -0.4 is 0 Å². The summed E-state index contributed by atoms with van der Waals surface area (Å²) < 4.78 is 1.90. The Morgan fingerprint density at radius 1 is 1.27 bits per heavy atom. The fourth-order valence-electron chi connectivity index (χ4n) is 2.21. The summed E-state index contributed by atoms with van der Waals surface area (Å²) >= 11 is 11.6. The van der Waals surface area contributed by atoms with E-state index < -0.39 is 0 Å².